The molecule has 1 saturated heterocycles. The molecule has 0 aliphatic carbocycles. The molecular formula is C15H20N2O5S. The molecule has 0 N–H and O–H groups in total. The molecule has 2 aliphatic rings. The number of nitriles is 1. The van der Waals surface area contributed by atoms with Gasteiger partial charge in [0.15, 0.2) is 0 Å². The van der Waals surface area contributed by atoms with E-state index < -0.39 is 16.7 Å². The van der Waals surface area contributed by atoms with Gasteiger partial charge in [-0.15, -0.1) is 11.8 Å². The van der Waals surface area contributed by atoms with Gasteiger partial charge in [0.25, 0.3) is 0 Å². The van der Waals surface area contributed by atoms with Crippen LogP contribution in [0.1, 0.15) is 13.3 Å². The van der Waals surface area contributed by atoms with Crippen LogP contribution < -0.4 is 0 Å². The summed E-state index contributed by atoms with van der Waals surface area (Å²) in [5, 5.41) is 9.36. The van der Waals surface area contributed by atoms with Crippen LogP contribution in [0.15, 0.2) is 11.3 Å². The highest BCUT2D eigenvalue weighted by Gasteiger charge is 2.54. The summed E-state index contributed by atoms with van der Waals surface area (Å²) >= 11 is 1.18. The van der Waals surface area contributed by atoms with E-state index in [1.54, 1.807) is 0 Å². The number of hydrogen-bond acceptors (Lipinski definition) is 8. The van der Waals surface area contributed by atoms with Crippen molar-refractivity contribution in [1.82, 2.24) is 4.90 Å². The number of allylic oxidation sites excluding steroid dienone is 1. The summed E-state index contributed by atoms with van der Waals surface area (Å²) < 4.78 is 13.4. The smallest absolute Gasteiger partial charge is 0.333 e. The van der Waals surface area contributed by atoms with Crippen molar-refractivity contribution in [1.29, 1.82) is 5.26 Å². The largest absolute Gasteiger partial charge is 0.468 e. The molecule has 126 valence electrons. The first-order valence-corrected chi connectivity index (χ1v) is 8.18. The molecule has 0 aromatic rings. The minimum absolute atomic E-state index is 0.0233. The summed E-state index contributed by atoms with van der Waals surface area (Å²) in [7, 11) is 2.46. The number of esters is 2. The molecule has 1 unspecified atom stereocenters. The topological polar surface area (TPSA) is 88.9 Å². The van der Waals surface area contributed by atoms with Gasteiger partial charge in [0.05, 0.1) is 39.1 Å². The van der Waals surface area contributed by atoms with Gasteiger partial charge in [-0.3, -0.25) is 0 Å². The van der Waals surface area contributed by atoms with Crippen molar-refractivity contribution in [3.63, 3.8) is 0 Å². The Morgan fingerprint density at radius 3 is 2.35 bits per heavy atom. The number of ether oxygens (including phenoxy) is 3. The zero-order valence-electron chi connectivity index (χ0n) is 13.5. The molecule has 7 nitrogen and oxygen atoms in total. The molecule has 1 fully saturated rings. The van der Waals surface area contributed by atoms with E-state index in [1.807, 2.05) is 6.92 Å². The fourth-order valence-corrected chi connectivity index (χ4v) is 4.58. The van der Waals surface area contributed by atoms with Crippen LogP contribution in [0.4, 0.5) is 0 Å². The van der Waals surface area contributed by atoms with Crippen LogP contribution in [0.5, 0.6) is 0 Å². The lowest BCUT2D eigenvalue weighted by Crippen LogP contribution is -2.51. The number of carbonyl (C=O) groups is 2. The lowest BCUT2D eigenvalue weighted by molar-refractivity contribution is -0.155. The molecule has 2 rings (SSSR count). The summed E-state index contributed by atoms with van der Waals surface area (Å²) in [6.07, 6.45) is -0.0233. The zero-order chi connectivity index (χ0) is 17.0. The van der Waals surface area contributed by atoms with E-state index in [0.29, 0.717) is 31.9 Å². The van der Waals surface area contributed by atoms with E-state index in [1.165, 1.54) is 26.0 Å². The SMILES string of the molecule is COC(=O)C1(C(=O)OC)CC(C#N)=C(N2CCOCC2)C(C)S1. The lowest BCUT2D eigenvalue weighted by Gasteiger charge is -2.41. The van der Waals surface area contributed by atoms with Crippen LogP contribution >= 0.6 is 11.8 Å². The van der Waals surface area contributed by atoms with Crippen molar-refractivity contribution in [3.8, 4) is 6.07 Å². The molecule has 8 heteroatoms. The minimum Gasteiger partial charge on any atom is -0.468 e. The second kappa shape index (κ2) is 7.23. The van der Waals surface area contributed by atoms with E-state index in [2.05, 4.69) is 11.0 Å². The Hall–Kier alpha value is -1.72. The maximum absolute atomic E-state index is 12.3. The molecule has 0 aromatic heterocycles. The molecule has 1 atom stereocenters. The fourth-order valence-electron chi connectivity index (χ4n) is 2.99. The molecule has 0 saturated carbocycles. The van der Waals surface area contributed by atoms with Crippen molar-refractivity contribution in [3.05, 3.63) is 11.3 Å². The number of thioether (sulfide) groups is 1. The van der Waals surface area contributed by atoms with Crippen molar-refractivity contribution in [2.24, 2.45) is 0 Å². The van der Waals surface area contributed by atoms with Crippen LogP contribution in [0, 0.1) is 11.3 Å². The Balaban J connectivity index is 2.43. The van der Waals surface area contributed by atoms with E-state index in [9.17, 15) is 14.9 Å². The number of hydrogen-bond donors (Lipinski definition) is 0. The van der Waals surface area contributed by atoms with Crippen LogP contribution in [-0.4, -0.2) is 67.4 Å². The van der Waals surface area contributed by atoms with Crippen molar-refractivity contribution >= 4 is 23.7 Å². The maximum Gasteiger partial charge on any atom is 0.333 e. The number of methoxy groups -OCH3 is 2. The molecule has 23 heavy (non-hydrogen) atoms. The van der Waals surface area contributed by atoms with Crippen LogP contribution in [0.2, 0.25) is 0 Å². The molecule has 0 bridgehead atoms. The van der Waals surface area contributed by atoms with Crippen molar-refractivity contribution in [2.45, 2.75) is 23.3 Å². The van der Waals surface area contributed by atoms with Gasteiger partial charge in [-0.2, -0.15) is 5.26 Å². The van der Waals surface area contributed by atoms with Gasteiger partial charge in [0, 0.05) is 30.5 Å². The minimum atomic E-state index is -1.52. The Kier molecular flexibility index (Phi) is 5.55. The highest BCUT2D eigenvalue weighted by Crippen LogP contribution is 2.46. The van der Waals surface area contributed by atoms with Gasteiger partial charge in [-0.1, -0.05) is 0 Å². The van der Waals surface area contributed by atoms with E-state index in [0.717, 1.165) is 5.70 Å². The van der Waals surface area contributed by atoms with Crippen molar-refractivity contribution < 1.29 is 23.8 Å². The molecule has 0 radical (unpaired) electrons. The third-order valence-electron chi connectivity index (χ3n) is 4.01. The van der Waals surface area contributed by atoms with Gasteiger partial charge in [0.2, 0.25) is 4.75 Å². The van der Waals surface area contributed by atoms with Gasteiger partial charge in [-0.05, 0) is 6.92 Å². The first kappa shape index (κ1) is 17.6. The first-order valence-electron chi connectivity index (χ1n) is 7.30. The fraction of sp³-hybridized carbons (Fsp3) is 0.667. The second-order valence-electron chi connectivity index (χ2n) is 5.32. The highest BCUT2D eigenvalue weighted by molar-refractivity contribution is 8.03. The normalized spacial score (nSPS) is 23.9. The number of rotatable bonds is 3. The molecule has 0 aromatic carbocycles. The number of morpholine rings is 1. The van der Waals surface area contributed by atoms with Gasteiger partial charge >= 0.3 is 11.9 Å². The van der Waals surface area contributed by atoms with E-state index in [-0.39, 0.29) is 11.7 Å². The summed E-state index contributed by atoms with van der Waals surface area (Å²) in [5.41, 5.74) is 1.29. The lowest BCUT2D eigenvalue weighted by atomic mass is 9.95. The summed E-state index contributed by atoms with van der Waals surface area (Å²) in [6.45, 7) is 4.45. The van der Waals surface area contributed by atoms with Gasteiger partial charge in [0.1, 0.15) is 0 Å². The molecule has 0 spiro atoms. The maximum atomic E-state index is 12.3. The molecule has 2 heterocycles. The van der Waals surface area contributed by atoms with E-state index in [4.69, 9.17) is 14.2 Å². The third-order valence-corrected chi connectivity index (χ3v) is 5.47. The number of carbonyl (C=O) groups excluding carboxylic acids is 2. The quantitative estimate of drug-likeness (QED) is 0.548. The Morgan fingerprint density at radius 1 is 1.30 bits per heavy atom. The van der Waals surface area contributed by atoms with Crippen molar-refractivity contribution in [2.75, 3.05) is 40.5 Å². The third kappa shape index (κ3) is 3.16. The monoisotopic (exact) mass is 340 g/mol. The summed E-state index contributed by atoms with van der Waals surface area (Å²) in [4.78, 5) is 26.6. The predicted octanol–water partition coefficient (Wildman–Crippen LogP) is 0.706. The van der Waals surface area contributed by atoms with Crippen LogP contribution in [0.25, 0.3) is 0 Å². The Labute approximate surface area is 139 Å². The highest BCUT2D eigenvalue weighted by atomic mass is 32.2. The van der Waals surface area contributed by atoms with Crippen LogP contribution in [-0.2, 0) is 23.8 Å². The van der Waals surface area contributed by atoms with Gasteiger partial charge < -0.3 is 19.1 Å². The Bertz CT molecular complexity index is 547. The summed E-state index contributed by atoms with van der Waals surface area (Å²) in [5.74, 6) is -1.37. The zero-order valence-corrected chi connectivity index (χ0v) is 14.3. The van der Waals surface area contributed by atoms with Gasteiger partial charge in [-0.25, -0.2) is 9.59 Å². The second-order valence-corrected chi connectivity index (χ2v) is 6.96. The average molecular weight is 340 g/mol. The van der Waals surface area contributed by atoms with E-state index >= 15 is 0 Å². The number of nitrogens with zero attached hydrogens (tertiary/aromatic N) is 2. The Morgan fingerprint density at radius 2 is 1.87 bits per heavy atom. The standard InChI is InChI=1S/C15H20N2O5S/c1-10-12(17-4-6-22-7-5-17)11(9-16)8-15(23-10,13(18)20-2)14(19)21-3/h10H,4-8H2,1-3H3. The average Bonchev–Trinajstić information content (AvgIpc) is 2.59. The molecule has 0 amide bonds. The molecule has 2 aliphatic heterocycles. The first-order chi connectivity index (χ1) is 11.0. The summed E-state index contributed by atoms with van der Waals surface area (Å²) in [6, 6.07) is 2.16. The van der Waals surface area contributed by atoms with Crippen LogP contribution in [0.3, 0.4) is 0 Å². The predicted molar refractivity (Wildman–Crippen MR) is 83.5 cm³/mol. The molecular weight excluding hydrogens is 320 g/mol.